The lowest BCUT2D eigenvalue weighted by Gasteiger charge is -2.46. The molecule has 0 saturated carbocycles. The van der Waals surface area contributed by atoms with Gasteiger partial charge in [-0.1, -0.05) is 142 Å². The van der Waals surface area contributed by atoms with Gasteiger partial charge in [0.25, 0.3) is 0 Å². The molecular formula is C39H41BO6. The molecule has 0 unspecified atom stereocenters. The van der Waals surface area contributed by atoms with Crippen molar-refractivity contribution in [3.63, 3.8) is 0 Å². The van der Waals surface area contributed by atoms with Crippen LogP contribution in [0.1, 0.15) is 54.9 Å². The molecule has 0 radical (unpaired) electrons. The zero-order valence-electron chi connectivity index (χ0n) is 27.0. The van der Waals surface area contributed by atoms with Crippen LogP contribution in [-0.2, 0) is 30.0 Å². The Morgan fingerprint density at radius 2 is 0.935 bits per heavy atom. The Morgan fingerprint density at radius 1 is 0.587 bits per heavy atom. The van der Waals surface area contributed by atoms with Crippen molar-refractivity contribution in [3.05, 3.63) is 162 Å². The number of aliphatic hydroxyl groups excluding tert-OH is 1. The molecular weight excluding hydrogens is 575 g/mol. The van der Waals surface area contributed by atoms with Crippen LogP contribution < -0.4 is 5.46 Å². The first kappa shape index (κ1) is 32.0. The molecule has 46 heavy (non-hydrogen) atoms. The molecule has 1 N–H and O–H groups in total. The summed E-state index contributed by atoms with van der Waals surface area (Å²) in [6, 6.07) is 42.2. The number of hydrogen-bond donors (Lipinski definition) is 1. The van der Waals surface area contributed by atoms with E-state index in [9.17, 15) is 5.11 Å². The van der Waals surface area contributed by atoms with E-state index in [1.165, 1.54) is 0 Å². The Balaban J connectivity index is 1.63. The molecule has 6 rings (SSSR count). The van der Waals surface area contributed by atoms with Crippen LogP contribution in [-0.4, -0.2) is 38.7 Å². The van der Waals surface area contributed by atoms with Gasteiger partial charge < -0.3 is 28.3 Å². The lowest BCUT2D eigenvalue weighted by Crippen LogP contribution is -2.56. The summed E-state index contributed by atoms with van der Waals surface area (Å²) in [7, 11) is 2.50. The first-order valence-corrected chi connectivity index (χ1v) is 15.7. The van der Waals surface area contributed by atoms with E-state index in [-0.39, 0.29) is 0 Å². The predicted molar refractivity (Wildman–Crippen MR) is 180 cm³/mol. The average Bonchev–Trinajstić information content (AvgIpc) is 3.76. The highest BCUT2D eigenvalue weighted by atomic mass is 16.7. The Morgan fingerprint density at radius 3 is 1.24 bits per heavy atom. The highest BCUT2D eigenvalue weighted by Gasteiger charge is 2.62. The molecule has 1 aromatic heterocycles. The van der Waals surface area contributed by atoms with Crippen LogP contribution in [0.15, 0.2) is 138 Å². The fraction of sp³-hybridized carbons (Fsp3) is 0.282. The van der Waals surface area contributed by atoms with Gasteiger partial charge in [-0.05, 0) is 33.7 Å². The molecule has 1 aliphatic rings. The van der Waals surface area contributed by atoms with E-state index in [0.29, 0.717) is 11.2 Å². The standard InChI is InChI=1S/C39H41BO6/c1-37(2,3)34(41)33-32(26-27-44-33)40-45-35(38(42-4,28-18-10-6-11-19-28)29-20-12-7-13-21-29)36(46-40)39(43-5,30-22-14-8-15-23-30)31-24-16-9-17-25-31/h6-27,34-36,41H,1-5H3/t34-,35-,36-/m1/s1. The monoisotopic (exact) mass is 616 g/mol. The first-order valence-electron chi connectivity index (χ1n) is 15.7. The summed E-state index contributed by atoms with van der Waals surface area (Å²) in [6.45, 7) is 5.90. The van der Waals surface area contributed by atoms with Crippen LogP contribution in [0.4, 0.5) is 0 Å². The van der Waals surface area contributed by atoms with Crippen molar-refractivity contribution < 1.29 is 28.3 Å². The van der Waals surface area contributed by atoms with E-state index in [0.717, 1.165) is 22.3 Å². The van der Waals surface area contributed by atoms with Crippen molar-refractivity contribution in [3.8, 4) is 0 Å². The molecule has 0 bridgehead atoms. The number of ether oxygens (including phenoxy) is 2. The summed E-state index contributed by atoms with van der Waals surface area (Å²) in [5.41, 5.74) is 1.45. The van der Waals surface area contributed by atoms with Crippen LogP contribution in [0.3, 0.4) is 0 Å². The molecule has 3 atom stereocenters. The van der Waals surface area contributed by atoms with Gasteiger partial charge in [-0.25, -0.2) is 0 Å². The van der Waals surface area contributed by atoms with Crippen LogP contribution >= 0.6 is 0 Å². The third-order valence-electron chi connectivity index (χ3n) is 9.12. The third kappa shape index (κ3) is 5.42. The van der Waals surface area contributed by atoms with Crippen molar-refractivity contribution in [2.75, 3.05) is 14.2 Å². The molecule has 4 aromatic carbocycles. The number of benzene rings is 4. The minimum Gasteiger partial charge on any atom is -0.467 e. The third-order valence-corrected chi connectivity index (χ3v) is 9.12. The van der Waals surface area contributed by atoms with Crippen LogP contribution in [0.5, 0.6) is 0 Å². The Hall–Kier alpha value is -3.98. The van der Waals surface area contributed by atoms with Crippen molar-refractivity contribution in [2.24, 2.45) is 5.41 Å². The second-order valence-electron chi connectivity index (χ2n) is 12.8. The maximum Gasteiger partial charge on any atom is 0.498 e. The van der Waals surface area contributed by atoms with Gasteiger partial charge in [-0.3, -0.25) is 0 Å². The zero-order chi connectivity index (χ0) is 32.4. The Labute approximate surface area is 272 Å². The first-order chi connectivity index (χ1) is 22.3. The number of furan rings is 1. The summed E-state index contributed by atoms with van der Waals surface area (Å²) in [5, 5.41) is 11.4. The number of aliphatic hydroxyl groups is 1. The van der Waals surface area contributed by atoms with E-state index in [2.05, 4.69) is 48.5 Å². The van der Waals surface area contributed by atoms with Crippen LogP contribution in [0.2, 0.25) is 0 Å². The van der Waals surface area contributed by atoms with Crippen LogP contribution in [0, 0.1) is 5.41 Å². The highest BCUT2D eigenvalue weighted by molar-refractivity contribution is 6.62. The van der Waals surface area contributed by atoms with Gasteiger partial charge >= 0.3 is 7.12 Å². The largest absolute Gasteiger partial charge is 0.498 e. The molecule has 1 fully saturated rings. The number of rotatable bonds is 10. The smallest absolute Gasteiger partial charge is 0.467 e. The highest BCUT2D eigenvalue weighted by Crippen LogP contribution is 2.50. The van der Waals surface area contributed by atoms with Gasteiger partial charge in [0.1, 0.15) is 35.3 Å². The van der Waals surface area contributed by atoms with E-state index in [4.69, 9.17) is 23.2 Å². The molecule has 1 saturated heterocycles. The molecule has 1 aliphatic heterocycles. The van der Waals surface area contributed by atoms with Gasteiger partial charge in [0.2, 0.25) is 0 Å². The lowest BCUT2D eigenvalue weighted by molar-refractivity contribution is -0.136. The SMILES string of the molecule is COC(c1ccccc1)(c1ccccc1)[C@@H]1OB(c2ccoc2[C@@H](O)C(C)(C)C)O[C@H]1C(OC)(c1ccccc1)c1ccccc1. The summed E-state index contributed by atoms with van der Waals surface area (Å²) in [6.07, 6.45) is -0.845. The molecule has 0 spiro atoms. The second kappa shape index (κ2) is 13.0. The minimum absolute atomic E-state index is 0.404. The van der Waals surface area contributed by atoms with Gasteiger partial charge in [0.05, 0.1) is 6.26 Å². The molecule has 0 aliphatic carbocycles. The lowest BCUT2D eigenvalue weighted by atomic mass is 9.71. The van der Waals surface area contributed by atoms with E-state index < -0.39 is 42.0 Å². The van der Waals surface area contributed by atoms with Gasteiger partial charge in [0.15, 0.2) is 0 Å². The molecule has 6 nitrogen and oxygen atoms in total. The van der Waals surface area contributed by atoms with Crippen LogP contribution in [0.25, 0.3) is 0 Å². The quantitative estimate of drug-likeness (QED) is 0.170. The summed E-state index contributed by atoms with van der Waals surface area (Å²) in [5.74, 6) is 0.404. The molecule has 0 amide bonds. The topological polar surface area (TPSA) is 70.3 Å². The maximum atomic E-state index is 11.4. The number of methoxy groups -OCH3 is 2. The van der Waals surface area contributed by atoms with Gasteiger partial charge in [-0.15, -0.1) is 0 Å². The second-order valence-corrected chi connectivity index (χ2v) is 12.8. The summed E-state index contributed by atoms with van der Waals surface area (Å²) < 4.78 is 33.6. The normalized spacial score (nSPS) is 18.1. The zero-order valence-corrected chi connectivity index (χ0v) is 27.0. The Bertz CT molecular complexity index is 1510. The van der Waals surface area contributed by atoms with Crippen molar-refractivity contribution in [1.82, 2.24) is 0 Å². The van der Waals surface area contributed by atoms with E-state index in [1.807, 2.05) is 99.6 Å². The summed E-state index contributed by atoms with van der Waals surface area (Å²) in [4.78, 5) is 0. The predicted octanol–water partition coefficient (Wildman–Crippen LogP) is 7.02. The van der Waals surface area contributed by atoms with E-state index in [1.54, 1.807) is 20.5 Å². The maximum absolute atomic E-state index is 11.4. The molecule has 5 aromatic rings. The number of hydrogen-bond acceptors (Lipinski definition) is 6. The van der Waals surface area contributed by atoms with Crippen molar-refractivity contribution in [2.45, 2.75) is 50.3 Å². The van der Waals surface area contributed by atoms with Gasteiger partial charge in [-0.2, -0.15) is 0 Å². The van der Waals surface area contributed by atoms with Crippen molar-refractivity contribution in [1.29, 1.82) is 0 Å². The van der Waals surface area contributed by atoms with Gasteiger partial charge in [0, 0.05) is 19.7 Å². The minimum atomic E-state index is -1.14. The fourth-order valence-electron chi connectivity index (χ4n) is 6.78. The summed E-state index contributed by atoms with van der Waals surface area (Å²) >= 11 is 0. The average molecular weight is 617 g/mol. The molecule has 236 valence electrons. The molecule has 7 heteroatoms. The molecule has 2 heterocycles. The Kier molecular flexibility index (Phi) is 9.06. The van der Waals surface area contributed by atoms with Crippen molar-refractivity contribution >= 4 is 12.6 Å². The van der Waals surface area contributed by atoms with E-state index >= 15 is 0 Å². The fourth-order valence-corrected chi connectivity index (χ4v) is 6.78.